The largest absolute Gasteiger partial charge is 0.486 e. The van der Waals surface area contributed by atoms with Gasteiger partial charge in [0, 0.05) is 5.56 Å². The number of nitriles is 1. The Labute approximate surface area is 208 Å². The van der Waals surface area contributed by atoms with Crippen molar-refractivity contribution in [2.24, 2.45) is 0 Å². The normalized spacial score (nSPS) is 14.6. The van der Waals surface area contributed by atoms with Crippen molar-refractivity contribution in [2.75, 3.05) is 4.90 Å². The van der Waals surface area contributed by atoms with Gasteiger partial charge in [0.2, 0.25) is 0 Å². The van der Waals surface area contributed by atoms with Crippen molar-refractivity contribution in [2.45, 2.75) is 6.61 Å². The summed E-state index contributed by atoms with van der Waals surface area (Å²) in [5.41, 5.74) is 1.13. The smallest absolute Gasteiger partial charge is 0.335 e. The van der Waals surface area contributed by atoms with Crippen LogP contribution in [0.3, 0.4) is 0 Å². The summed E-state index contributed by atoms with van der Waals surface area (Å²) in [6.45, 7) is 0.0409. The molecule has 4 rings (SSSR count). The lowest BCUT2D eigenvalue weighted by atomic mass is 10.1. The molecule has 7 nitrogen and oxygen atoms in total. The van der Waals surface area contributed by atoms with Gasteiger partial charge in [-0.05, 0) is 54.1 Å². The quantitative estimate of drug-likeness (QED) is 0.374. The van der Waals surface area contributed by atoms with E-state index in [-0.39, 0.29) is 33.7 Å². The van der Waals surface area contributed by atoms with Crippen LogP contribution in [0.25, 0.3) is 6.08 Å². The number of anilines is 1. The number of halogens is 3. The van der Waals surface area contributed by atoms with Crippen LogP contribution >= 0.6 is 23.2 Å². The highest BCUT2D eigenvalue weighted by Crippen LogP contribution is 2.36. The van der Waals surface area contributed by atoms with E-state index in [1.165, 1.54) is 30.3 Å². The third-order valence-corrected chi connectivity index (χ3v) is 5.59. The number of imide groups is 2. The molecule has 0 aromatic heterocycles. The summed E-state index contributed by atoms with van der Waals surface area (Å²) in [6.07, 6.45) is 1.23. The van der Waals surface area contributed by atoms with Crippen molar-refractivity contribution in [1.82, 2.24) is 5.32 Å². The SMILES string of the molecule is N#Cc1ccccc1COc1c(Cl)cc(/C=C2/C(=O)NC(=O)N(c3ccc(F)cc3)C2=O)cc1Cl. The monoisotopic (exact) mass is 509 g/mol. The number of carbonyl (C=O) groups excluding carboxylic acids is 3. The molecule has 10 heteroatoms. The van der Waals surface area contributed by atoms with Crippen LogP contribution in [0.5, 0.6) is 5.75 Å². The minimum Gasteiger partial charge on any atom is -0.486 e. The second kappa shape index (κ2) is 9.97. The predicted octanol–water partition coefficient (Wildman–Crippen LogP) is 5.25. The maximum absolute atomic E-state index is 13.3. The Morgan fingerprint density at radius 2 is 1.69 bits per heavy atom. The van der Waals surface area contributed by atoms with Gasteiger partial charge in [0.15, 0.2) is 5.75 Å². The lowest BCUT2D eigenvalue weighted by Crippen LogP contribution is -2.54. The molecule has 0 spiro atoms. The van der Waals surface area contributed by atoms with Crippen LogP contribution in [0.1, 0.15) is 16.7 Å². The molecule has 0 saturated carbocycles. The average molecular weight is 510 g/mol. The van der Waals surface area contributed by atoms with Crippen LogP contribution in [0, 0.1) is 17.1 Å². The first-order chi connectivity index (χ1) is 16.8. The lowest BCUT2D eigenvalue weighted by molar-refractivity contribution is -0.122. The van der Waals surface area contributed by atoms with E-state index < -0.39 is 23.7 Å². The van der Waals surface area contributed by atoms with Crippen molar-refractivity contribution in [3.05, 3.63) is 98.8 Å². The molecule has 4 amide bonds. The van der Waals surface area contributed by atoms with E-state index in [2.05, 4.69) is 11.4 Å². The number of urea groups is 1. The molecule has 0 radical (unpaired) electrons. The molecule has 1 fully saturated rings. The number of rotatable bonds is 5. The molecule has 0 unspecified atom stereocenters. The Bertz CT molecular complexity index is 1410. The van der Waals surface area contributed by atoms with E-state index in [0.717, 1.165) is 17.0 Å². The second-order valence-electron chi connectivity index (χ2n) is 7.31. The Balaban J connectivity index is 1.61. The van der Waals surface area contributed by atoms with E-state index in [1.807, 2.05) is 0 Å². The Morgan fingerprint density at radius 1 is 1.03 bits per heavy atom. The Morgan fingerprint density at radius 3 is 2.34 bits per heavy atom. The average Bonchev–Trinajstić information content (AvgIpc) is 2.82. The number of carbonyl (C=O) groups is 3. The van der Waals surface area contributed by atoms with E-state index in [0.29, 0.717) is 16.7 Å². The summed E-state index contributed by atoms with van der Waals surface area (Å²) in [6, 6.07) is 15.5. The number of hydrogen-bond acceptors (Lipinski definition) is 5. The number of ether oxygens (including phenoxy) is 1. The fourth-order valence-corrected chi connectivity index (χ4v) is 3.97. The van der Waals surface area contributed by atoms with Gasteiger partial charge >= 0.3 is 6.03 Å². The third kappa shape index (κ3) is 5.01. The molecule has 1 aliphatic heterocycles. The molecule has 0 atom stereocenters. The zero-order valence-electron chi connectivity index (χ0n) is 17.7. The number of benzene rings is 3. The Kier molecular flexibility index (Phi) is 6.82. The molecular formula is C25H14Cl2FN3O4. The van der Waals surface area contributed by atoms with Gasteiger partial charge in [-0.25, -0.2) is 14.1 Å². The fraction of sp³-hybridized carbons (Fsp3) is 0.0400. The van der Waals surface area contributed by atoms with E-state index >= 15 is 0 Å². The first kappa shape index (κ1) is 24.0. The van der Waals surface area contributed by atoms with Crippen LogP contribution in [0.4, 0.5) is 14.9 Å². The standard InChI is InChI=1S/C25H14Cl2FN3O4/c26-20-10-14(11-21(27)22(20)35-13-16-4-2-1-3-15(16)12-29)9-19-23(32)30-25(34)31(24(19)33)18-7-5-17(28)6-8-18/h1-11H,13H2,(H,30,32,34)/b19-9-. The number of nitrogens with one attached hydrogen (secondary N) is 1. The molecule has 0 bridgehead atoms. The maximum Gasteiger partial charge on any atom is 0.335 e. The van der Waals surface area contributed by atoms with Gasteiger partial charge in [0.25, 0.3) is 11.8 Å². The van der Waals surface area contributed by atoms with E-state index in [9.17, 15) is 24.0 Å². The summed E-state index contributed by atoms with van der Waals surface area (Å²) in [5.74, 6) is -2.19. The van der Waals surface area contributed by atoms with Gasteiger partial charge in [-0.1, -0.05) is 41.4 Å². The molecule has 1 N–H and O–H groups in total. The van der Waals surface area contributed by atoms with Crippen molar-refractivity contribution < 1.29 is 23.5 Å². The van der Waals surface area contributed by atoms with Gasteiger partial charge in [-0.2, -0.15) is 5.26 Å². The number of hydrogen-bond donors (Lipinski definition) is 1. The highest BCUT2D eigenvalue weighted by Gasteiger charge is 2.36. The molecule has 1 saturated heterocycles. The summed E-state index contributed by atoms with van der Waals surface area (Å²) >= 11 is 12.7. The second-order valence-corrected chi connectivity index (χ2v) is 8.12. The highest BCUT2D eigenvalue weighted by atomic mass is 35.5. The zero-order chi connectivity index (χ0) is 25.1. The zero-order valence-corrected chi connectivity index (χ0v) is 19.2. The maximum atomic E-state index is 13.3. The molecule has 1 heterocycles. The first-order valence-electron chi connectivity index (χ1n) is 10.1. The van der Waals surface area contributed by atoms with Crippen molar-refractivity contribution in [3.8, 4) is 11.8 Å². The van der Waals surface area contributed by atoms with Crippen LogP contribution in [0.2, 0.25) is 10.0 Å². The molecular weight excluding hydrogens is 496 g/mol. The fourth-order valence-electron chi connectivity index (χ4n) is 3.35. The lowest BCUT2D eigenvalue weighted by Gasteiger charge is -2.26. The van der Waals surface area contributed by atoms with Gasteiger partial charge in [0.1, 0.15) is 18.0 Å². The van der Waals surface area contributed by atoms with Crippen molar-refractivity contribution >= 4 is 52.8 Å². The minimum absolute atomic E-state index is 0.0409. The Hall–Kier alpha value is -4.19. The highest BCUT2D eigenvalue weighted by molar-refractivity contribution is 6.40. The van der Waals surface area contributed by atoms with E-state index in [1.54, 1.807) is 24.3 Å². The van der Waals surface area contributed by atoms with E-state index in [4.69, 9.17) is 27.9 Å². The van der Waals surface area contributed by atoms with Crippen LogP contribution in [-0.4, -0.2) is 17.8 Å². The summed E-state index contributed by atoms with van der Waals surface area (Å²) in [4.78, 5) is 38.3. The molecule has 3 aromatic carbocycles. The van der Waals surface area contributed by atoms with Crippen LogP contribution in [0.15, 0.2) is 66.2 Å². The first-order valence-corrected chi connectivity index (χ1v) is 10.8. The molecule has 0 aliphatic carbocycles. The van der Waals surface area contributed by atoms with Crippen LogP contribution in [-0.2, 0) is 16.2 Å². The van der Waals surface area contributed by atoms with Crippen molar-refractivity contribution in [1.29, 1.82) is 5.26 Å². The molecule has 35 heavy (non-hydrogen) atoms. The number of amides is 4. The van der Waals surface area contributed by atoms with Gasteiger partial charge < -0.3 is 4.74 Å². The molecule has 1 aliphatic rings. The van der Waals surface area contributed by atoms with Gasteiger partial charge in [0.05, 0.1) is 27.4 Å². The minimum atomic E-state index is -0.957. The van der Waals surface area contributed by atoms with Gasteiger partial charge in [-0.3, -0.25) is 14.9 Å². The summed E-state index contributed by atoms with van der Waals surface area (Å²) < 4.78 is 19.0. The topological polar surface area (TPSA) is 99.5 Å². The summed E-state index contributed by atoms with van der Waals surface area (Å²) in [7, 11) is 0. The van der Waals surface area contributed by atoms with Crippen molar-refractivity contribution in [3.63, 3.8) is 0 Å². The third-order valence-electron chi connectivity index (χ3n) is 5.03. The molecule has 3 aromatic rings. The number of nitrogens with zero attached hydrogens (tertiary/aromatic N) is 2. The summed E-state index contributed by atoms with van der Waals surface area (Å²) in [5, 5.41) is 11.5. The van der Waals surface area contributed by atoms with Crippen LogP contribution < -0.4 is 15.0 Å². The number of barbiturate groups is 1. The predicted molar refractivity (Wildman–Crippen MR) is 127 cm³/mol. The molecule has 174 valence electrons. The van der Waals surface area contributed by atoms with Gasteiger partial charge in [-0.15, -0.1) is 0 Å².